The molecule has 1 aromatic heterocycles. The number of carbonyl (C=O) groups is 2. The molecule has 0 radical (unpaired) electrons. The van der Waals surface area contributed by atoms with Crippen LogP contribution in [0.15, 0.2) is 28.7 Å². The smallest absolute Gasteiger partial charge is 0.417 e. The van der Waals surface area contributed by atoms with Crippen molar-refractivity contribution in [2.45, 2.75) is 13.1 Å². The molecule has 4 nitrogen and oxygen atoms in total. The molecule has 1 aromatic carbocycles. The van der Waals surface area contributed by atoms with Crippen LogP contribution in [0.3, 0.4) is 0 Å². The number of alkyl halides is 3. The van der Waals surface area contributed by atoms with Gasteiger partial charge in [0.1, 0.15) is 11.3 Å². The van der Waals surface area contributed by atoms with E-state index >= 15 is 0 Å². The lowest BCUT2D eigenvalue weighted by atomic mass is 10.0. The highest BCUT2D eigenvalue weighted by Crippen LogP contribution is 2.39. The molecule has 144 valence electrons. The third kappa shape index (κ3) is 4.66. The van der Waals surface area contributed by atoms with Gasteiger partial charge in [0, 0.05) is 12.1 Å². The van der Waals surface area contributed by atoms with Gasteiger partial charge in [-0.2, -0.15) is 13.2 Å². The molecule has 0 N–H and O–H groups in total. The maximum Gasteiger partial charge on any atom is 0.417 e. The van der Waals surface area contributed by atoms with E-state index in [2.05, 4.69) is 4.74 Å². The second kappa shape index (κ2) is 7.96. The third-order valence-corrected chi connectivity index (χ3v) is 4.64. The summed E-state index contributed by atoms with van der Waals surface area (Å²) in [5, 5.41) is -0.522. The molecule has 2 rings (SSSR count). The van der Waals surface area contributed by atoms with Gasteiger partial charge in [-0.3, -0.25) is 4.79 Å². The van der Waals surface area contributed by atoms with Gasteiger partial charge < -0.3 is 9.15 Å². The molecule has 0 aliphatic heterocycles. The fraction of sp³-hybridized carbons (Fsp3) is 0.176. The summed E-state index contributed by atoms with van der Waals surface area (Å²) in [6.07, 6.45) is -4.57. The Bertz CT molecular complexity index is 922. The summed E-state index contributed by atoms with van der Waals surface area (Å²) >= 11 is 17.3. The number of ether oxygens (including phenoxy) is 1. The average Bonchev–Trinajstić information content (AvgIpc) is 2.97. The van der Waals surface area contributed by atoms with Gasteiger partial charge in [0.2, 0.25) is 5.78 Å². The van der Waals surface area contributed by atoms with Crippen molar-refractivity contribution in [3.8, 4) is 0 Å². The van der Waals surface area contributed by atoms with E-state index in [1.165, 1.54) is 6.92 Å². The van der Waals surface area contributed by atoms with E-state index in [9.17, 15) is 22.8 Å². The largest absolute Gasteiger partial charge is 0.465 e. The van der Waals surface area contributed by atoms with Crippen molar-refractivity contribution in [3.05, 3.63) is 62.0 Å². The summed E-state index contributed by atoms with van der Waals surface area (Å²) < 4.78 is 50.0. The Morgan fingerprint density at radius 2 is 1.67 bits per heavy atom. The number of carbonyl (C=O) groups excluding carboxylic acids is 2. The van der Waals surface area contributed by atoms with Crippen molar-refractivity contribution in [1.82, 2.24) is 0 Å². The van der Waals surface area contributed by atoms with Crippen LogP contribution in [0.1, 0.15) is 32.2 Å². The predicted molar refractivity (Wildman–Crippen MR) is 94.6 cm³/mol. The quantitative estimate of drug-likeness (QED) is 0.247. The van der Waals surface area contributed by atoms with Crippen LogP contribution >= 0.6 is 34.8 Å². The maximum atomic E-state index is 13.5. The third-order valence-electron chi connectivity index (χ3n) is 3.44. The number of methoxy groups -OCH3 is 1. The van der Waals surface area contributed by atoms with E-state index in [0.717, 1.165) is 25.3 Å². The number of furan rings is 1. The molecule has 27 heavy (non-hydrogen) atoms. The van der Waals surface area contributed by atoms with Crippen molar-refractivity contribution in [3.63, 3.8) is 0 Å². The molecule has 0 spiro atoms. The summed E-state index contributed by atoms with van der Waals surface area (Å²) in [5.41, 5.74) is -1.83. The molecular formula is C17H10Cl3F3O4. The van der Waals surface area contributed by atoms with Crippen molar-refractivity contribution in [1.29, 1.82) is 0 Å². The highest BCUT2D eigenvalue weighted by atomic mass is 35.5. The number of halogens is 6. The summed E-state index contributed by atoms with van der Waals surface area (Å²) in [4.78, 5) is 23.8. The summed E-state index contributed by atoms with van der Waals surface area (Å²) in [6.45, 7) is 1.37. The molecule has 0 unspecified atom stereocenters. The number of hydrogen-bond donors (Lipinski definition) is 0. The highest BCUT2D eigenvalue weighted by Gasteiger charge is 2.36. The first-order chi connectivity index (χ1) is 12.5. The number of ketones is 1. The van der Waals surface area contributed by atoms with Gasteiger partial charge in [-0.15, -0.1) is 0 Å². The first-order valence-electron chi connectivity index (χ1n) is 7.12. The van der Waals surface area contributed by atoms with Crippen LogP contribution in [0.4, 0.5) is 13.2 Å². The standard InChI is InChI=1S/C17H10Cl3F3O4/c1-7-9(16(25)26-2)5-14(27-7)13(24)6-10(17(21,22)23)8-3-11(18)15(20)12(19)4-8/h3-6H,1-2H3/b10-6-. The number of benzene rings is 1. The minimum atomic E-state index is -4.90. The second-order valence-electron chi connectivity index (χ2n) is 5.25. The topological polar surface area (TPSA) is 56.5 Å². The molecule has 10 heteroatoms. The van der Waals surface area contributed by atoms with Gasteiger partial charge in [0.25, 0.3) is 0 Å². The van der Waals surface area contributed by atoms with Gasteiger partial charge in [-0.05, 0) is 24.6 Å². The van der Waals surface area contributed by atoms with Gasteiger partial charge in [-0.1, -0.05) is 34.8 Å². The molecule has 0 aliphatic rings. The highest BCUT2D eigenvalue weighted by molar-refractivity contribution is 6.48. The minimum Gasteiger partial charge on any atom is -0.465 e. The van der Waals surface area contributed by atoms with Crippen molar-refractivity contribution in [2.24, 2.45) is 0 Å². The van der Waals surface area contributed by atoms with Crippen molar-refractivity contribution < 1.29 is 31.9 Å². The Morgan fingerprint density at radius 1 is 1.11 bits per heavy atom. The molecule has 0 fully saturated rings. The second-order valence-corrected chi connectivity index (χ2v) is 6.44. The lowest BCUT2D eigenvalue weighted by Gasteiger charge is -2.13. The molecule has 0 atom stereocenters. The van der Waals surface area contributed by atoms with Crippen LogP contribution in [-0.4, -0.2) is 25.0 Å². The maximum absolute atomic E-state index is 13.5. The van der Waals surface area contributed by atoms with Crippen LogP contribution in [0.2, 0.25) is 15.1 Å². The predicted octanol–water partition coefficient (Wildman–Crippen LogP) is 6.16. The van der Waals surface area contributed by atoms with E-state index in [4.69, 9.17) is 39.2 Å². The Morgan fingerprint density at radius 3 is 2.15 bits per heavy atom. The van der Waals surface area contributed by atoms with Crippen LogP contribution < -0.4 is 0 Å². The van der Waals surface area contributed by atoms with E-state index in [-0.39, 0.29) is 26.4 Å². The minimum absolute atomic E-state index is 0.0322. The van der Waals surface area contributed by atoms with Gasteiger partial charge in [-0.25, -0.2) is 4.79 Å². The van der Waals surface area contributed by atoms with Crippen LogP contribution in [0, 0.1) is 6.92 Å². The lowest BCUT2D eigenvalue weighted by molar-refractivity contribution is -0.0689. The molecule has 0 saturated carbocycles. The van der Waals surface area contributed by atoms with E-state index in [1.54, 1.807) is 0 Å². The fourth-order valence-corrected chi connectivity index (χ4v) is 2.75. The number of rotatable bonds is 4. The van der Waals surface area contributed by atoms with Crippen LogP contribution in [0.25, 0.3) is 5.57 Å². The molecule has 2 aromatic rings. The Labute approximate surface area is 166 Å². The van der Waals surface area contributed by atoms with E-state index in [0.29, 0.717) is 6.08 Å². The Kier molecular flexibility index (Phi) is 6.29. The van der Waals surface area contributed by atoms with Crippen molar-refractivity contribution >= 4 is 52.1 Å². The Balaban J connectivity index is 2.54. The summed E-state index contributed by atoms with van der Waals surface area (Å²) in [5.74, 6) is -2.32. The normalized spacial score (nSPS) is 12.2. The number of allylic oxidation sites excluding steroid dienone is 2. The SMILES string of the molecule is COC(=O)c1cc(C(=O)/C=C(/c2cc(Cl)c(Cl)c(Cl)c2)C(F)(F)F)oc1C. The summed E-state index contributed by atoms with van der Waals surface area (Å²) in [6, 6.07) is 2.89. The number of esters is 1. The molecule has 0 aliphatic carbocycles. The Hall–Kier alpha value is -1.96. The number of hydrogen-bond acceptors (Lipinski definition) is 4. The van der Waals surface area contributed by atoms with Crippen molar-refractivity contribution in [2.75, 3.05) is 7.11 Å². The molecule has 0 amide bonds. The average molecular weight is 442 g/mol. The molecule has 0 saturated heterocycles. The van der Waals surface area contributed by atoms with E-state index < -0.39 is 34.8 Å². The summed E-state index contributed by atoms with van der Waals surface area (Å²) in [7, 11) is 1.12. The van der Waals surface area contributed by atoms with Crippen LogP contribution in [-0.2, 0) is 4.74 Å². The van der Waals surface area contributed by atoms with Gasteiger partial charge >= 0.3 is 12.1 Å². The first-order valence-corrected chi connectivity index (χ1v) is 8.26. The lowest BCUT2D eigenvalue weighted by Crippen LogP contribution is -2.13. The van der Waals surface area contributed by atoms with E-state index in [1.807, 2.05) is 0 Å². The molecular weight excluding hydrogens is 432 g/mol. The monoisotopic (exact) mass is 440 g/mol. The van der Waals surface area contributed by atoms with Gasteiger partial charge in [0.15, 0.2) is 5.76 Å². The zero-order valence-electron chi connectivity index (χ0n) is 13.7. The number of aryl methyl sites for hydroxylation is 1. The zero-order valence-corrected chi connectivity index (χ0v) is 16.0. The van der Waals surface area contributed by atoms with Crippen LogP contribution in [0.5, 0.6) is 0 Å². The first kappa shape index (κ1) is 21.3. The molecule has 1 heterocycles. The zero-order chi connectivity index (χ0) is 20.5. The van der Waals surface area contributed by atoms with Gasteiger partial charge in [0.05, 0.1) is 27.8 Å². The fourth-order valence-electron chi connectivity index (χ4n) is 2.16. The molecule has 0 bridgehead atoms.